The maximum atomic E-state index is 11.5. The van der Waals surface area contributed by atoms with E-state index in [0.717, 1.165) is 0 Å². The molecule has 0 aromatic heterocycles. The number of nitrogens with one attached hydrogen (secondary N) is 2. The fourth-order valence-electron chi connectivity index (χ4n) is 1.09. The number of rotatable bonds is 6. The summed E-state index contributed by atoms with van der Waals surface area (Å²) in [6, 6.07) is 8.80. The lowest BCUT2D eigenvalue weighted by atomic mass is 10.2. The summed E-state index contributed by atoms with van der Waals surface area (Å²) >= 11 is 0. The van der Waals surface area contributed by atoms with Gasteiger partial charge in [-0.1, -0.05) is 24.8 Å². The Bertz CT molecular complexity index is 357. The Morgan fingerprint density at radius 3 is 2.69 bits per heavy atom. The van der Waals surface area contributed by atoms with Crippen LogP contribution in [0.15, 0.2) is 48.2 Å². The zero-order chi connectivity index (χ0) is 11.8. The lowest BCUT2D eigenvalue weighted by Crippen LogP contribution is -2.37. The second kappa shape index (κ2) is 6.47. The smallest absolute Gasteiger partial charge is 0.252 e. The zero-order valence-electron chi connectivity index (χ0n) is 8.72. The van der Waals surface area contributed by atoms with Crippen molar-refractivity contribution in [1.29, 1.82) is 0 Å². The van der Waals surface area contributed by atoms with Gasteiger partial charge in [-0.15, -0.1) is 4.91 Å². The van der Waals surface area contributed by atoms with Gasteiger partial charge in [0.1, 0.15) is 0 Å². The number of hydrogen-bond acceptors (Lipinski definition) is 4. The minimum atomic E-state index is -0.684. The van der Waals surface area contributed by atoms with Gasteiger partial charge in [-0.05, 0) is 23.4 Å². The number of carbonyl (C=O) groups excluding carboxylic acids is 1. The number of hydrogen-bond donors (Lipinski definition) is 2. The largest absolute Gasteiger partial charge is 0.339 e. The van der Waals surface area contributed by atoms with Gasteiger partial charge < -0.3 is 5.32 Å². The predicted molar refractivity (Wildman–Crippen MR) is 61.7 cm³/mol. The van der Waals surface area contributed by atoms with E-state index in [9.17, 15) is 9.70 Å². The summed E-state index contributed by atoms with van der Waals surface area (Å²) in [5.41, 5.74) is 0.568. The Morgan fingerprint density at radius 2 is 2.12 bits per heavy atom. The molecule has 16 heavy (non-hydrogen) atoms. The molecule has 1 unspecified atom stereocenters. The molecule has 0 saturated carbocycles. The van der Waals surface area contributed by atoms with Gasteiger partial charge >= 0.3 is 0 Å². The molecule has 0 heterocycles. The molecule has 0 bridgehead atoms. The van der Waals surface area contributed by atoms with E-state index in [1.54, 1.807) is 24.3 Å². The van der Waals surface area contributed by atoms with Crippen molar-refractivity contribution < 1.29 is 4.79 Å². The number of nitroso groups, excluding NO2 is 1. The van der Waals surface area contributed by atoms with Crippen molar-refractivity contribution in [1.82, 2.24) is 10.6 Å². The first kappa shape index (κ1) is 12.1. The third-order valence-corrected chi connectivity index (χ3v) is 1.93. The monoisotopic (exact) mass is 219 g/mol. The summed E-state index contributed by atoms with van der Waals surface area (Å²) in [6.07, 6.45) is 0.679. The molecule has 1 rings (SSSR count). The third-order valence-electron chi connectivity index (χ3n) is 1.93. The average Bonchev–Trinajstić information content (AvgIpc) is 2.35. The first-order valence-electron chi connectivity index (χ1n) is 4.79. The molecule has 5 nitrogen and oxygen atoms in total. The van der Waals surface area contributed by atoms with Crippen LogP contribution in [0.3, 0.4) is 0 Å². The van der Waals surface area contributed by atoms with E-state index >= 15 is 0 Å². The van der Waals surface area contributed by atoms with Crippen molar-refractivity contribution in [2.45, 2.75) is 6.17 Å². The molecule has 5 heteroatoms. The predicted octanol–water partition coefficient (Wildman–Crippen LogP) is 1.24. The van der Waals surface area contributed by atoms with Crippen LogP contribution in [0.1, 0.15) is 10.4 Å². The van der Waals surface area contributed by atoms with Crippen LogP contribution in [0.25, 0.3) is 0 Å². The lowest BCUT2D eigenvalue weighted by Gasteiger charge is -2.08. The minimum absolute atomic E-state index is 0.163. The summed E-state index contributed by atoms with van der Waals surface area (Å²) in [7, 11) is 0. The molecule has 0 radical (unpaired) electrons. The molecular formula is C11H13N3O2. The van der Waals surface area contributed by atoms with Crippen LogP contribution >= 0.6 is 0 Å². The fraction of sp³-hybridized carbons (Fsp3) is 0.182. The van der Waals surface area contributed by atoms with Gasteiger partial charge in [-0.25, -0.2) is 0 Å². The molecule has 1 aromatic rings. The molecular weight excluding hydrogens is 206 g/mol. The topological polar surface area (TPSA) is 70.6 Å². The van der Waals surface area contributed by atoms with Crippen molar-refractivity contribution in [3.8, 4) is 0 Å². The van der Waals surface area contributed by atoms with E-state index < -0.39 is 6.17 Å². The van der Waals surface area contributed by atoms with Gasteiger partial charge in [0.25, 0.3) is 5.91 Å². The second-order valence-corrected chi connectivity index (χ2v) is 3.04. The first-order chi connectivity index (χ1) is 7.77. The van der Waals surface area contributed by atoms with Crippen LogP contribution in [-0.4, -0.2) is 18.7 Å². The third kappa shape index (κ3) is 3.62. The highest BCUT2D eigenvalue weighted by Gasteiger charge is 2.05. The van der Waals surface area contributed by atoms with Crippen molar-refractivity contribution in [2.24, 2.45) is 5.18 Å². The Balaban J connectivity index is 2.36. The highest BCUT2D eigenvalue weighted by Crippen LogP contribution is 1.97. The van der Waals surface area contributed by atoms with Gasteiger partial charge in [0.15, 0.2) is 6.17 Å². The Hall–Kier alpha value is -2.01. The van der Waals surface area contributed by atoms with Crippen LogP contribution in [0.5, 0.6) is 0 Å². The highest BCUT2D eigenvalue weighted by molar-refractivity contribution is 5.94. The van der Waals surface area contributed by atoms with Crippen molar-refractivity contribution in [2.75, 3.05) is 6.67 Å². The number of nitrogens with zero attached hydrogens (tertiary/aromatic N) is 1. The van der Waals surface area contributed by atoms with Crippen LogP contribution in [0.4, 0.5) is 0 Å². The maximum absolute atomic E-state index is 11.5. The molecule has 1 amide bonds. The van der Waals surface area contributed by atoms with Crippen LogP contribution in [-0.2, 0) is 0 Å². The summed E-state index contributed by atoms with van der Waals surface area (Å²) in [6.45, 7) is 3.58. The molecule has 0 aliphatic rings. The molecule has 0 aliphatic heterocycles. The number of carbonyl (C=O) groups is 1. The Labute approximate surface area is 93.5 Å². The molecule has 84 valence electrons. The normalized spacial score (nSPS) is 11.5. The quantitative estimate of drug-likeness (QED) is 0.429. The molecule has 0 saturated heterocycles. The Morgan fingerprint density at radius 1 is 1.44 bits per heavy atom. The lowest BCUT2D eigenvalue weighted by molar-refractivity contribution is 0.0950. The maximum Gasteiger partial charge on any atom is 0.252 e. The molecule has 1 atom stereocenters. The SMILES string of the molecule is C=CC(N=O)NCNC(=O)c1ccccc1. The van der Waals surface area contributed by atoms with E-state index in [2.05, 4.69) is 22.4 Å². The summed E-state index contributed by atoms with van der Waals surface area (Å²) in [5.74, 6) is -0.207. The molecule has 1 aromatic carbocycles. The fourth-order valence-corrected chi connectivity index (χ4v) is 1.09. The summed E-state index contributed by atoms with van der Waals surface area (Å²) in [5, 5.41) is 8.04. The summed E-state index contributed by atoms with van der Waals surface area (Å²) in [4.78, 5) is 21.7. The van der Waals surface area contributed by atoms with Crippen LogP contribution < -0.4 is 10.6 Å². The van der Waals surface area contributed by atoms with Gasteiger partial charge in [-0.3, -0.25) is 10.1 Å². The molecule has 0 fully saturated rings. The van der Waals surface area contributed by atoms with Crippen molar-refractivity contribution >= 4 is 5.91 Å². The van der Waals surface area contributed by atoms with Gasteiger partial charge in [-0.2, -0.15) is 0 Å². The van der Waals surface area contributed by atoms with Crippen molar-refractivity contribution in [3.63, 3.8) is 0 Å². The molecule has 0 aliphatic carbocycles. The number of benzene rings is 1. The Kier molecular flexibility index (Phi) is 4.88. The van der Waals surface area contributed by atoms with E-state index in [0.29, 0.717) is 5.56 Å². The zero-order valence-corrected chi connectivity index (χ0v) is 8.72. The second-order valence-electron chi connectivity index (χ2n) is 3.04. The minimum Gasteiger partial charge on any atom is -0.339 e. The van der Waals surface area contributed by atoms with Gasteiger partial charge in [0.05, 0.1) is 6.67 Å². The van der Waals surface area contributed by atoms with Crippen LogP contribution in [0, 0.1) is 4.91 Å². The highest BCUT2D eigenvalue weighted by atomic mass is 16.3. The van der Waals surface area contributed by atoms with E-state index in [4.69, 9.17) is 0 Å². The van der Waals surface area contributed by atoms with Crippen molar-refractivity contribution in [3.05, 3.63) is 53.5 Å². The van der Waals surface area contributed by atoms with Crippen LogP contribution in [0.2, 0.25) is 0 Å². The first-order valence-corrected chi connectivity index (χ1v) is 4.79. The van der Waals surface area contributed by atoms with E-state index in [1.165, 1.54) is 6.08 Å². The summed E-state index contributed by atoms with van der Waals surface area (Å²) < 4.78 is 0. The van der Waals surface area contributed by atoms with Gasteiger partial charge in [0, 0.05) is 5.56 Å². The molecule has 2 N–H and O–H groups in total. The number of amides is 1. The standard InChI is InChI=1S/C11H13N3O2/c1-2-10(14-16)12-8-13-11(15)9-6-4-3-5-7-9/h2-7,10,12H,1,8H2,(H,13,15). The van der Waals surface area contributed by atoms with E-state index in [-0.39, 0.29) is 12.6 Å². The van der Waals surface area contributed by atoms with E-state index in [1.807, 2.05) is 6.07 Å². The average molecular weight is 219 g/mol. The van der Waals surface area contributed by atoms with Gasteiger partial charge in [0.2, 0.25) is 0 Å². The molecule has 0 spiro atoms.